The van der Waals surface area contributed by atoms with Gasteiger partial charge in [0.25, 0.3) is 0 Å². The number of aliphatic hydroxyl groups is 1. The highest BCUT2D eigenvalue weighted by Crippen LogP contribution is 2.36. The average molecular weight is 247 g/mol. The fourth-order valence-corrected chi connectivity index (χ4v) is 1.54. The summed E-state index contributed by atoms with van der Waals surface area (Å²) >= 11 is 3.19. The van der Waals surface area contributed by atoms with Gasteiger partial charge in [0, 0.05) is 22.6 Å². The molecular formula is C9H11BrO3. The Morgan fingerprint density at radius 2 is 2.00 bits per heavy atom. The molecule has 3 N–H and O–H groups in total. The molecule has 1 aromatic carbocycles. The van der Waals surface area contributed by atoms with E-state index in [0.29, 0.717) is 10.0 Å². The molecule has 1 rings (SSSR count). The van der Waals surface area contributed by atoms with E-state index in [1.807, 2.05) is 0 Å². The Morgan fingerprint density at radius 1 is 1.38 bits per heavy atom. The summed E-state index contributed by atoms with van der Waals surface area (Å²) in [6.45, 7) is 1.70. The van der Waals surface area contributed by atoms with Crippen LogP contribution in [0.4, 0.5) is 0 Å². The monoisotopic (exact) mass is 246 g/mol. The van der Waals surface area contributed by atoms with Gasteiger partial charge in [0.2, 0.25) is 0 Å². The van der Waals surface area contributed by atoms with Crippen molar-refractivity contribution >= 4 is 15.9 Å². The third-order valence-electron chi connectivity index (χ3n) is 1.89. The van der Waals surface area contributed by atoms with Crippen molar-refractivity contribution in [3.63, 3.8) is 0 Å². The first kappa shape index (κ1) is 10.3. The third-order valence-corrected chi connectivity index (χ3v) is 2.35. The lowest BCUT2D eigenvalue weighted by atomic mass is 10.0. The molecule has 1 unspecified atom stereocenters. The smallest absolute Gasteiger partial charge is 0.161 e. The lowest BCUT2D eigenvalue weighted by Gasteiger charge is -2.11. The summed E-state index contributed by atoms with van der Waals surface area (Å²) in [5.74, 6) is -0.530. The lowest BCUT2D eigenvalue weighted by molar-refractivity contribution is 0.269. The van der Waals surface area contributed by atoms with E-state index in [-0.39, 0.29) is 24.0 Å². The number of phenols is 2. The van der Waals surface area contributed by atoms with E-state index in [1.54, 1.807) is 13.0 Å². The van der Waals surface area contributed by atoms with Gasteiger partial charge in [0.15, 0.2) is 11.5 Å². The average Bonchev–Trinajstić information content (AvgIpc) is 2.10. The summed E-state index contributed by atoms with van der Waals surface area (Å²) in [6, 6.07) is 3.08. The van der Waals surface area contributed by atoms with Crippen LogP contribution < -0.4 is 0 Å². The predicted octanol–water partition coefficient (Wildman–Crippen LogP) is 1.96. The summed E-state index contributed by atoms with van der Waals surface area (Å²) in [5, 5.41) is 27.6. The number of aliphatic hydroxyl groups excluding tert-OH is 1. The minimum absolute atomic E-state index is 0.0660. The van der Waals surface area contributed by atoms with Crippen LogP contribution in [-0.4, -0.2) is 21.9 Å². The number of aromatic hydroxyl groups is 2. The Labute approximate surface area is 84.8 Å². The molecule has 0 aliphatic heterocycles. The topological polar surface area (TPSA) is 60.7 Å². The second-order valence-corrected chi connectivity index (χ2v) is 3.86. The number of hydrogen-bond acceptors (Lipinski definition) is 3. The highest BCUT2D eigenvalue weighted by molar-refractivity contribution is 9.10. The van der Waals surface area contributed by atoms with E-state index in [2.05, 4.69) is 15.9 Å². The van der Waals surface area contributed by atoms with Crippen molar-refractivity contribution in [2.45, 2.75) is 12.8 Å². The van der Waals surface area contributed by atoms with Gasteiger partial charge in [-0.15, -0.1) is 0 Å². The minimum Gasteiger partial charge on any atom is -0.504 e. The molecule has 0 aliphatic rings. The SMILES string of the molecule is CC(CO)c1cc(Br)cc(O)c1O. The number of rotatable bonds is 2. The minimum atomic E-state index is -0.191. The second-order valence-electron chi connectivity index (χ2n) is 2.95. The largest absolute Gasteiger partial charge is 0.504 e. The zero-order chi connectivity index (χ0) is 10.0. The number of phenolic OH excluding ortho intramolecular Hbond substituents is 2. The molecule has 1 atom stereocenters. The quantitative estimate of drug-likeness (QED) is 0.700. The fraction of sp³-hybridized carbons (Fsp3) is 0.333. The van der Waals surface area contributed by atoms with Crippen molar-refractivity contribution in [2.75, 3.05) is 6.61 Å². The van der Waals surface area contributed by atoms with Crippen LogP contribution in [0.1, 0.15) is 18.4 Å². The molecule has 0 aromatic heterocycles. The van der Waals surface area contributed by atoms with E-state index in [9.17, 15) is 10.2 Å². The van der Waals surface area contributed by atoms with E-state index < -0.39 is 0 Å². The molecule has 0 spiro atoms. The van der Waals surface area contributed by atoms with Gasteiger partial charge in [0.1, 0.15) is 0 Å². The Balaban J connectivity index is 3.20. The molecule has 0 radical (unpaired) electrons. The maximum absolute atomic E-state index is 9.44. The zero-order valence-corrected chi connectivity index (χ0v) is 8.74. The van der Waals surface area contributed by atoms with Gasteiger partial charge in [-0.05, 0) is 12.1 Å². The van der Waals surface area contributed by atoms with Crippen molar-refractivity contribution in [3.05, 3.63) is 22.2 Å². The maximum atomic E-state index is 9.44. The van der Waals surface area contributed by atoms with Gasteiger partial charge in [-0.25, -0.2) is 0 Å². The van der Waals surface area contributed by atoms with E-state index >= 15 is 0 Å². The fourth-order valence-electron chi connectivity index (χ4n) is 1.08. The number of halogens is 1. The standard InChI is InChI=1S/C9H11BrO3/c1-5(4-11)7-2-6(10)3-8(12)9(7)13/h2-3,5,11-13H,4H2,1H3. The van der Waals surface area contributed by atoms with Crippen LogP contribution in [0.15, 0.2) is 16.6 Å². The Hall–Kier alpha value is -0.740. The molecule has 0 saturated carbocycles. The van der Waals surface area contributed by atoms with Crippen LogP contribution in [0.5, 0.6) is 11.5 Å². The van der Waals surface area contributed by atoms with Crippen molar-refractivity contribution in [1.82, 2.24) is 0 Å². The van der Waals surface area contributed by atoms with Gasteiger partial charge in [-0.1, -0.05) is 22.9 Å². The molecular weight excluding hydrogens is 236 g/mol. The summed E-state index contributed by atoms with van der Waals surface area (Å²) in [6.07, 6.45) is 0. The molecule has 0 bridgehead atoms. The third kappa shape index (κ3) is 2.14. The van der Waals surface area contributed by atoms with Crippen LogP contribution in [0.2, 0.25) is 0 Å². The van der Waals surface area contributed by atoms with Gasteiger partial charge >= 0.3 is 0 Å². The van der Waals surface area contributed by atoms with E-state index in [0.717, 1.165) is 0 Å². The lowest BCUT2D eigenvalue weighted by Crippen LogP contribution is -1.99. The molecule has 4 heteroatoms. The molecule has 13 heavy (non-hydrogen) atoms. The van der Waals surface area contributed by atoms with Crippen molar-refractivity contribution < 1.29 is 15.3 Å². The highest BCUT2D eigenvalue weighted by Gasteiger charge is 2.13. The van der Waals surface area contributed by atoms with Crippen LogP contribution in [0, 0.1) is 0 Å². The summed E-state index contributed by atoms with van der Waals surface area (Å²) < 4.78 is 0.679. The van der Waals surface area contributed by atoms with Crippen LogP contribution >= 0.6 is 15.9 Å². The Kier molecular flexibility index (Phi) is 3.17. The molecule has 0 fully saturated rings. The molecule has 0 amide bonds. The van der Waals surface area contributed by atoms with E-state index in [4.69, 9.17) is 5.11 Å². The second kappa shape index (κ2) is 3.98. The molecule has 0 heterocycles. The van der Waals surface area contributed by atoms with Gasteiger partial charge in [-0.3, -0.25) is 0 Å². The van der Waals surface area contributed by atoms with Gasteiger partial charge < -0.3 is 15.3 Å². The maximum Gasteiger partial charge on any atom is 0.161 e. The summed E-state index contributed by atoms with van der Waals surface area (Å²) in [5.41, 5.74) is 0.536. The first-order valence-corrected chi connectivity index (χ1v) is 4.67. The Morgan fingerprint density at radius 3 is 2.54 bits per heavy atom. The summed E-state index contributed by atoms with van der Waals surface area (Å²) in [4.78, 5) is 0. The van der Waals surface area contributed by atoms with Crippen molar-refractivity contribution in [1.29, 1.82) is 0 Å². The van der Waals surface area contributed by atoms with Crippen LogP contribution in [0.25, 0.3) is 0 Å². The number of hydrogen-bond donors (Lipinski definition) is 3. The molecule has 0 aliphatic carbocycles. The normalized spacial score (nSPS) is 12.8. The van der Waals surface area contributed by atoms with Crippen LogP contribution in [0.3, 0.4) is 0 Å². The molecule has 72 valence electrons. The molecule has 0 saturated heterocycles. The number of benzene rings is 1. The first-order valence-electron chi connectivity index (χ1n) is 3.88. The molecule has 3 nitrogen and oxygen atoms in total. The van der Waals surface area contributed by atoms with Crippen LogP contribution in [-0.2, 0) is 0 Å². The van der Waals surface area contributed by atoms with Gasteiger partial charge in [-0.2, -0.15) is 0 Å². The first-order chi connectivity index (χ1) is 6.06. The van der Waals surface area contributed by atoms with Gasteiger partial charge in [0.05, 0.1) is 0 Å². The zero-order valence-electron chi connectivity index (χ0n) is 7.16. The highest BCUT2D eigenvalue weighted by atomic mass is 79.9. The predicted molar refractivity (Wildman–Crippen MR) is 53.0 cm³/mol. The Bertz CT molecular complexity index is 312. The molecule has 1 aromatic rings. The van der Waals surface area contributed by atoms with E-state index in [1.165, 1.54) is 6.07 Å². The van der Waals surface area contributed by atoms with Crippen molar-refractivity contribution in [3.8, 4) is 11.5 Å². The van der Waals surface area contributed by atoms with Crippen molar-refractivity contribution in [2.24, 2.45) is 0 Å². The summed E-state index contributed by atoms with van der Waals surface area (Å²) in [7, 11) is 0.